The number of rotatable bonds is 5. The Hall–Kier alpha value is -1.77. The maximum atomic E-state index is 13.7. The zero-order valence-electron chi connectivity index (χ0n) is 11.6. The molecule has 1 heterocycles. The lowest BCUT2D eigenvalue weighted by Crippen LogP contribution is -2.24. The van der Waals surface area contributed by atoms with Crippen molar-refractivity contribution in [3.05, 3.63) is 46.6 Å². The Morgan fingerprint density at radius 1 is 1.33 bits per heavy atom. The molecule has 6 nitrogen and oxygen atoms in total. The fraction of sp³-hybridized carbons (Fsp3) is 0.308. The molecule has 0 saturated heterocycles. The summed E-state index contributed by atoms with van der Waals surface area (Å²) in [6.45, 7) is 2.55. The molecule has 0 spiro atoms. The van der Waals surface area contributed by atoms with Crippen molar-refractivity contribution in [3.63, 3.8) is 0 Å². The van der Waals surface area contributed by atoms with Gasteiger partial charge < -0.3 is 9.63 Å². The van der Waals surface area contributed by atoms with E-state index in [1.165, 1.54) is 13.0 Å². The number of aliphatic hydroxyl groups is 1. The highest BCUT2D eigenvalue weighted by Crippen LogP contribution is 2.21. The van der Waals surface area contributed by atoms with Crippen molar-refractivity contribution in [3.8, 4) is 0 Å². The normalized spacial score (nSPS) is 11.8. The smallest absolute Gasteiger partial charge is 0.241 e. The van der Waals surface area contributed by atoms with Gasteiger partial charge in [0.2, 0.25) is 10.0 Å². The van der Waals surface area contributed by atoms with Crippen LogP contribution < -0.4 is 4.72 Å². The molecule has 114 valence electrons. The van der Waals surface area contributed by atoms with Crippen LogP contribution in [0.5, 0.6) is 0 Å². The van der Waals surface area contributed by atoms with Crippen LogP contribution in [0.3, 0.4) is 0 Å². The molecule has 2 aromatic rings. The summed E-state index contributed by atoms with van der Waals surface area (Å²) in [5, 5.41) is 12.7. The van der Waals surface area contributed by atoms with E-state index in [-0.39, 0.29) is 22.6 Å². The maximum absolute atomic E-state index is 13.7. The average Bonchev–Trinajstić information content (AvgIpc) is 2.85. The quantitative estimate of drug-likeness (QED) is 0.870. The summed E-state index contributed by atoms with van der Waals surface area (Å²) in [4.78, 5) is -0.202. The molecule has 0 amide bonds. The first-order valence-electron chi connectivity index (χ1n) is 6.15. The molecular formula is C13H15FN2O4S. The van der Waals surface area contributed by atoms with Gasteiger partial charge >= 0.3 is 0 Å². The van der Waals surface area contributed by atoms with Gasteiger partial charge in [0.1, 0.15) is 11.6 Å². The third kappa shape index (κ3) is 3.46. The van der Waals surface area contributed by atoms with Crippen LogP contribution in [0.2, 0.25) is 0 Å². The van der Waals surface area contributed by atoms with Crippen LogP contribution in [-0.4, -0.2) is 18.7 Å². The summed E-state index contributed by atoms with van der Waals surface area (Å²) in [6.07, 6.45) is 0. The Kier molecular flexibility index (Phi) is 4.40. The van der Waals surface area contributed by atoms with Crippen molar-refractivity contribution < 1.29 is 22.4 Å². The fourth-order valence-electron chi connectivity index (χ4n) is 1.83. The van der Waals surface area contributed by atoms with E-state index in [0.29, 0.717) is 11.5 Å². The fourth-order valence-corrected chi connectivity index (χ4v) is 3.13. The highest BCUT2D eigenvalue weighted by molar-refractivity contribution is 7.89. The minimum Gasteiger partial charge on any atom is -0.392 e. The largest absolute Gasteiger partial charge is 0.392 e. The van der Waals surface area contributed by atoms with Gasteiger partial charge in [0.05, 0.1) is 23.7 Å². The van der Waals surface area contributed by atoms with Gasteiger partial charge in [-0.25, -0.2) is 17.5 Å². The second-order valence-corrected chi connectivity index (χ2v) is 6.35. The Bertz CT molecular complexity index is 756. The summed E-state index contributed by atoms with van der Waals surface area (Å²) in [7, 11) is -3.92. The molecule has 2 rings (SSSR count). The number of sulfonamides is 1. The van der Waals surface area contributed by atoms with Crippen molar-refractivity contribution in [1.29, 1.82) is 0 Å². The number of aromatic nitrogens is 1. The lowest BCUT2D eigenvalue weighted by Gasteiger charge is -2.10. The van der Waals surface area contributed by atoms with E-state index in [2.05, 4.69) is 9.88 Å². The molecule has 0 fully saturated rings. The van der Waals surface area contributed by atoms with Gasteiger partial charge in [0.25, 0.3) is 0 Å². The minimum absolute atomic E-state index is 0.00367. The van der Waals surface area contributed by atoms with Crippen molar-refractivity contribution in [2.24, 2.45) is 0 Å². The second kappa shape index (κ2) is 5.92. The van der Waals surface area contributed by atoms with Crippen LogP contribution in [-0.2, 0) is 23.2 Å². The van der Waals surface area contributed by atoms with Gasteiger partial charge in [0.15, 0.2) is 0 Å². The summed E-state index contributed by atoms with van der Waals surface area (Å²) in [5.41, 5.74) is 0.610. The summed E-state index contributed by atoms with van der Waals surface area (Å²) < 4.78 is 45.3. The molecule has 1 aromatic carbocycles. The van der Waals surface area contributed by atoms with E-state index >= 15 is 0 Å². The van der Waals surface area contributed by atoms with E-state index in [9.17, 15) is 12.8 Å². The number of halogens is 1. The highest BCUT2D eigenvalue weighted by atomic mass is 32.2. The number of nitrogens with one attached hydrogen (secondary N) is 1. The van der Waals surface area contributed by atoms with E-state index in [1.807, 2.05) is 0 Å². The molecule has 0 unspecified atom stereocenters. The molecule has 0 aliphatic carbocycles. The van der Waals surface area contributed by atoms with Crippen molar-refractivity contribution >= 4 is 10.0 Å². The molecule has 8 heteroatoms. The van der Waals surface area contributed by atoms with Crippen LogP contribution >= 0.6 is 0 Å². The topological polar surface area (TPSA) is 92.4 Å². The Morgan fingerprint density at radius 2 is 2.05 bits per heavy atom. The van der Waals surface area contributed by atoms with Crippen molar-refractivity contribution in [1.82, 2.24) is 9.88 Å². The first kappa shape index (κ1) is 15.6. The Morgan fingerprint density at radius 3 is 2.62 bits per heavy atom. The molecule has 0 saturated carbocycles. The number of nitrogens with zero attached hydrogens (tertiary/aromatic N) is 1. The zero-order valence-corrected chi connectivity index (χ0v) is 12.4. The highest BCUT2D eigenvalue weighted by Gasteiger charge is 2.20. The molecule has 0 bridgehead atoms. The van der Waals surface area contributed by atoms with Crippen LogP contribution in [0.25, 0.3) is 0 Å². The van der Waals surface area contributed by atoms with Gasteiger partial charge in [-0.05, 0) is 31.5 Å². The molecule has 0 radical (unpaired) electrons. The molecule has 1 aromatic heterocycles. The summed E-state index contributed by atoms with van der Waals surface area (Å²) >= 11 is 0. The maximum Gasteiger partial charge on any atom is 0.241 e. The predicted molar refractivity (Wildman–Crippen MR) is 72.3 cm³/mol. The molecule has 21 heavy (non-hydrogen) atoms. The number of hydrogen-bond donors (Lipinski definition) is 2. The van der Waals surface area contributed by atoms with Gasteiger partial charge in [-0.3, -0.25) is 0 Å². The lowest BCUT2D eigenvalue weighted by molar-refractivity contribution is 0.281. The third-order valence-corrected chi connectivity index (χ3v) is 4.48. The second-order valence-electron chi connectivity index (χ2n) is 4.61. The SMILES string of the molecule is Cc1cc(CNS(=O)(=O)c2cc(CO)cc(F)c2C)no1. The predicted octanol–water partition coefficient (Wildman–Crippen LogP) is 1.40. The number of aliphatic hydroxyl groups excluding tert-OH is 1. The van der Waals surface area contributed by atoms with Crippen molar-refractivity contribution in [2.45, 2.75) is 31.9 Å². The Labute approximate surface area is 121 Å². The van der Waals surface area contributed by atoms with E-state index in [0.717, 1.165) is 6.07 Å². The number of aryl methyl sites for hydroxylation is 1. The minimum atomic E-state index is -3.92. The van der Waals surface area contributed by atoms with Crippen LogP contribution in [0, 0.1) is 19.7 Å². The van der Waals surface area contributed by atoms with E-state index in [4.69, 9.17) is 9.63 Å². The van der Waals surface area contributed by atoms with Gasteiger partial charge in [-0.15, -0.1) is 0 Å². The molecule has 0 aliphatic heterocycles. The van der Waals surface area contributed by atoms with Crippen molar-refractivity contribution in [2.75, 3.05) is 0 Å². The summed E-state index contributed by atoms with van der Waals surface area (Å²) in [5.74, 6) is -0.118. The van der Waals surface area contributed by atoms with Crippen LogP contribution in [0.4, 0.5) is 4.39 Å². The first-order chi connectivity index (χ1) is 9.83. The third-order valence-electron chi connectivity index (χ3n) is 2.95. The van der Waals surface area contributed by atoms with E-state index < -0.39 is 22.4 Å². The molecule has 0 aliphatic rings. The zero-order chi connectivity index (χ0) is 15.6. The van der Waals surface area contributed by atoms with Gasteiger partial charge in [-0.1, -0.05) is 5.16 Å². The number of hydrogen-bond acceptors (Lipinski definition) is 5. The number of benzene rings is 1. The van der Waals surface area contributed by atoms with Gasteiger partial charge in [-0.2, -0.15) is 0 Å². The first-order valence-corrected chi connectivity index (χ1v) is 7.63. The van der Waals surface area contributed by atoms with Gasteiger partial charge in [0, 0.05) is 11.6 Å². The van der Waals surface area contributed by atoms with E-state index in [1.54, 1.807) is 13.0 Å². The summed E-state index contributed by atoms with van der Waals surface area (Å²) in [6, 6.07) is 3.95. The molecular weight excluding hydrogens is 299 g/mol. The Balaban J connectivity index is 2.29. The average molecular weight is 314 g/mol. The standard InChI is InChI=1S/C13H15FN2O4S/c1-8-3-11(16-20-8)6-15-21(18,19)13-5-10(7-17)4-12(14)9(13)2/h3-5,15,17H,6-7H2,1-2H3. The monoisotopic (exact) mass is 314 g/mol. The molecule has 2 N–H and O–H groups in total. The van der Waals surface area contributed by atoms with Crippen LogP contribution in [0.1, 0.15) is 22.6 Å². The lowest BCUT2D eigenvalue weighted by atomic mass is 10.1. The van der Waals surface area contributed by atoms with Crippen LogP contribution in [0.15, 0.2) is 27.6 Å². The molecule has 0 atom stereocenters.